The number of anilines is 1. The summed E-state index contributed by atoms with van der Waals surface area (Å²) in [5.74, 6) is 0.0468. The van der Waals surface area contributed by atoms with E-state index in [4.69, 9.17) is 5.73 Å². The van der Waals surface area contributed by atoms with Crippen LogP contribution < -0.4 is 10.5 Å². The van der Waals surface area contributed by atoms with E-state index in [1.165, 1.54) is 28.6 Å². The number of nitrogens with one attached hydrogen (secondary N) is 1. The van der Waals surface area contributed by atoms with Crippen LogP contribution in [0, 0.1) is 0 Å². The molecule has 0 aromatic carbocycles. The molecule has 3 N–H and O–H groups in total. The van der Waals surface area contributed by atoms with Crippen LogP contribution in [0.4, 0.5) is 5.82 Å². The Morgan fingerprint density at radius 2 is 2.15 bits per heavy atom. The van der Waals surface area contributed by atoms with E-state index in [-0.39, 0.29) is 10.8 Å². The first-order valence-corrected chi connectivity index (χ1v) is 8.87. The van der Waals surface area contributed by atoms with E-state index >= 15 is 0 Å². The number of imidazole rings is 1. The number of nitrogen functional groups attached to an aromatic ring is 1. The van der Waals surface area contributed by atoms with E-state index in [9.17, 15) is 8.42 Å². The largest absolute Gasteiger partial charge is 0.381 e. The van der Waals surface area contributed by atoms with Gasteiger partial charge in [0.15, 0.2) is 15.8 Å². The molecular weight excluding hydrogens is 298 g/mol. The molecule has 7 nitrogen and oxygen atoms in total. The van der Waals surface area contributed by atoms with Crippen molar-refractivity contribution in [3.8, 4) is 0 Å². The van der Waals surface area contributed by atoms with E-state index in [2.05, 4.69) is 14.6 Å². The monoisotopic (exact) mass is 315 g/mol. The molecule has 0 bridgehead atoms. The fourth-order valence-corrected chi connectivity index (χ4v) is 4.46. The molecule has 1 aliphatic heterocycles. The van der Waals surface area contributed by atoms with E-state index in [0.29, 0.717) is 11.5 Å². The molecule has 0 saturated carbocycles. The van der Waals surface area contributed by atoms with E-state index < -0.39 is 10.0 Å². The number of fused-ring (bicyclic) bond motifs is 1. The van der Waals surface area contributed by atoms with Crippen molar-refractivity contribution in [2.24, 2.45) is 0 Å². The summed E-state index contributed by atoms with van der Waals surface area (Å²) in [5, 5.41) is 1.82. The summed E-state index contributed by atoms with van der Waals surface area (Å²) < 4.78 is 28.8. The molecule has 1 aliphatic rings. The van der Waals surface area contributed by atoms with Crippen molar-refractivity contribution >= 4 is 32.1 Å². The van der Waals surface area contributed by atoms with Gasteiger partial charge in [-0.15, -0.1) is 11.3 Å². The number of likely N-dealkylation sites (tertiary alicyclic amines) is 1. The van der Waals surface area contributed by atoms with Gasteiger partial charge in [0, 0.05) is 24.7 Å². The molecule has 3 rings (SSSR count). The number of hydrogen-bond donors (Lipinski definition) is 2. The first-order valence-electron chi connectivity index (χ1n) is 6.51. The summed E-state index contributed by atoms with van der Waals surface area (Å²) in [4.78, 5) is 6.89. The molecular formula is C11H17N5O2S2. The van der Waals surface area contributed by atoms with Crippen LogP contribution in [0.25, 0.3) is 4.96 Å². The van der Waals surface area contributed by atoms with Crippen molar-refractivity contribution in [2.45, 2.75) is 17.9 Å². The van der Waals surface area contributed by atoms with Gasteiger partial charge in [-0.05, 0) is 25.9 Å². The number of hydrogen-bond acceptors (Lipinski definition) is 6. The third-order valence-electron chi connectivity index (χ3n) is 3.42. The predicted octanol–water partition coefficient (Wildman–Crippen LogP) is 0.352. The van der Waals surface area contributed by atoms with Gasteiger partial charge in [-0.25, -0.2) is 18.1 Å². The minimum absolute atomic E-state index is 0.0372. The molecule has 1 fully saturated rings. The zero-order valence-electron chi connectivity index (χ0n) is 10.9. The van der Waals surface area contributed by atoms with Gasteiger partial charge < -0.3 is 10.6 Å². The quantitative estimate of drug-likeness (QED) is 0.830. The molecule has 0 aliphatic carbocycles. The number of aromatic nitrogens is 2. The second-order valence-corrected chi connectivity index (χ2v) is 7.36. The van der Waals surface area contributed by atoms with Gasteiger partial charge >= 0.3 is 0 Å². The Morgan fingerprint density at radius 3 is 2.90 bits per heavy atom. The third-order valence-corrected chi connectivity index (χ3v) is 5.67. The smallest absolute Gasteiger partial charge is 0.260 e. The lowest BCUT2D eigenvalue weighted by molar-refractivity contribution is 0.344. The summed E-state index contributed by atoms with van der Waals surface area (Å²) in [6.45, 7) is 3.21. The number of nitrogens with zero attached hydrogens (tertiary/aromatic N) is 3. The Kier molecular flexibility index (Phi) is 3.67. The van der Waals surface area contributed by atoms with Crippen LogP contribution >= 0.6 is 11.3 Å². The number of nitrogens with two attached hydrogens (primary N) is 1. The Morgan fingerprint density at radius 1 is 1.40 bits per heavy atom. The van der Waals surface area contributed by atoms with Crippen molar-refractivity contribution in [2.75, 3.05) is 31.9 Å². The number of rotatable bonds is 5. The lowest BCUT2D eigenvalue weighted by Crippen LogP contribution is -2.34. The summed E-state index contributed by atoms with van der Waals surface area (Å²) >= 11 is 1.35. The number of sulfonamides is 1. The molecule has 1 saturated heterocycles. The molecule has 20 heavy (non-hydrogen) atoms. The maximum Gasteiger partial charge on any atom is 0.260 e. The predicted molar refractivity (Wildman–Crippen MR) is 78.3 cm³/mol. The van der Waals surface area contributed by atoms with Crippen LogP contribution in [0.3, 0.4) is 0 Å². The zero-order chi connectivity index (χ0) is 14.2. The van der Waals surface area contributed by atoms with Gasteiger partial charge in [0.1, 0.15) is 0 Å². The second kappa shape index (κ2) is 5.32. The average Bonchev–Trinajstić information content (AvgIpc) is 3.04. The van der Waals surface area contributed by atoms with Gasteiger partial charge in [0.2, 0.25) is 0 Å². The third kappa shape index (κ3) is 2.53. The molecule has 110 valence electrons. The molecule has 9 heteroatoms. The number of thiazole rings is 1. The van der Waals surface area contributed by atoms with Gasteiger partial charge in [-0.2, -0.15) is 0 Å². The zero-order valence-corrected chi connectivity index (χ0v) is 12.6. The Balaban J connectivity index is 1.74. The molecule has 0 amide bonds. The normalized spacial score (nSPS) is 17.2. The Labute approximate surface area is 121 Å². The van der Waals surface area contributed by atoms with Crippen LogP contribution in [0.5, 0.6) is 0 Å². The summed E-state index contributed by atoms with van der Waals surface area (Å²) in [6.07, 6.45) is 4.05. The highest BCUT2D eigenvalue weighted by atomic mass is 32.2. The van der Waals surface area contributed by atoms with Gasteiger partial charge in [0.25, 0.3) is 10.0 Å². The highest BCUT2D eigenvalue weighted by molar-refractivity contribution is 7.89. The van der Waals surface area contributed by atoms with Crippen molar-refractivity contribution in [1.29, 1.82) is 0 Å². The average molecular weight is 315 g/mol. The molecule has 0 radical (unpaired) electrons. The molecule has 0 atom stereocenters. The summed E-state index contributed by atoms with van der Waals surface area (Å²) in [6, 6.07) is 0. The van der Waals surface area contributed by atoms with Crippen molar-refractivity contribution in [3.63, 3.8) is 0 Å². The lowest BCUT2D eigenvalue weighted by atomic mass is 10.4. The first kappa shape index (κ1) is 13.8. The van der Waals surface area contributed by atoms with Crippen LogP contribution in [-0.2, 0) is 10.0 Å². The second-order valence-electron chi connectivity index (χ2n) is 4.80. The fraction of sp³-hybridized carbons (Fsp3) is 0.545. The van der Waals surface area contributed by atoms with E-state index in [1.54, 1.807) is 11.6 Å². The van der Waals surface area contributed by atoms with Crippen molar-refractivity contribution in [3.05, 3.63) is 11.6 Å². The van der Waals surface area contributed by atoms with Crippen LogP contribution in [0.1, 0.15) is 12.8 Å². The minimum Gasteiger partial charge on any atom is -0.381 e. The Hall–Kier alpha value is -1.16. The first-order chi connectivity index (χ1) is 9.58. The van der Waals surface area contributed by atoms with Gasteiger partial charge in [-0.3, -0.25) is 4.40 Å². The SMILES string of the molecule is Nc1nc2sccn2c1S(=O)(=O)NCCN1CCCC1. The van der Waals surface area contributed by atoms with Gasteiger partial charge in [0.05, 0.1) is 0 Å². The lowest BCUT2D eigenvalue weighted by Gasteiger charge is -2.14. The molecule has 2 aromatic heterocycles. The van der Waals surface area contributed by atoms with Crippen LogP contribution in [0.2, 0.25) is 0 Å². The molecule has 2 aromatic rings. The standard InChI is InChI=1S/C11H17N5O2S2/c12-9-10(16-7-8-19-11(16)14-9)20(17,18)13-3-6-15-4-1-2-5-15/h7-8,13H,1-6,12H2. The van der Waals surface area contributed by atoms with E-state index in [1.807, 2.05) is 0 Å². The molecule has 0 unspecified atom stereocenters. The highest BCUT2D eigenvalue weighted by Crippen LogP contribution is 2.22. The Bertz CT molecular complexity index is 700. The maximum absolute atomic E-state index is 12.3. The molecule has 0 spiro atoms. The summed E-state index contributed by atoms with van der Waals surface area (Å²) in [5.41, 5.74) is 5.72. The van der Waals surface area contributed by atoms with Crippen molar-refractivity contribution in [1.82, 2.24) is 19.0 Å². The topological polar surface area (TPSA) is 92.7 Å². The molecule has 3 heterocycles. The summed E-state index contributed by atoms with van der Waals surface area (Å²) in [7, 11) is -3.63. The maximum atomic E-state index is 12.3. The highest BCUT2D eigenvalue weighted by Gasteiger charge is 2.24. The van der Waals surface area contributed by atoms with Crippen molar-refractivity contribution < 1.29 is 8.42 Å². The minimum atomic E-state index is -3.63. The van der Waals surface area contributed by atoms with Crippen LogP contribution in [0.15, 0.2) is 16.6 Å². The van der Waals surface area contributed by atoms with E-state index in [0.717, 1.165) is 19.6 Å². The van der Waals surface area contributed by atoms with Gasteiger partial charge in [-0.1, -0.05) is 0 Å². The van der Waals surface area contributed by atoms with Crippen LogP contribution in [-0.4, -0.2) is 48.9 Å². The fourth-order valence-electron chi connectivity index (χ4n) is 2.46.